The lowest BCUT2D eigenvalue weighted by Crippen LogP contribution is -2.31. The molecule has 0 heterocycles. The van der Waals surface area contributed by atoms with Crippen molar-refractivity contribution in [2.45, 2.75) is 17.6 Å². The number of nitrogens with one attached hydrogen (secondary N) is 1. The van der Waals surface area contributed by atoms with Crippen molar-refractivity contribution in [1.29, 1.82) is 0 Å². The van der Waals surface area contributed by atoms with Gasteiger partial charge in [0.05, 0.1) is 0 Å². The van der Waals surface area contributed by atoms with E-state index < -0.39 is 5.97 Å². The van der Waals surface area contributed by atoms with Crippen LogP contribution in [0.25, 0.3) is 6.08 Å². The van der Waals surface area contributed by atoms with Gasteiger partial charge in [0.1, 0.15) is 0 Å². The molecule has 106 valence electrons. The first-order valence-corrected chi connectivity index (χ1v) is 7.62. The zero-order chi connectivity index (χ0) is 14.6. The van der Waals surface area contributed by atoms with Crippen molar-refractivity contribution in [3.8, 4) is 0 Å². The van der Waals surface area contributed by atoms with Gasteiger partial charge in [-0.05, 0) is 42.9 Å². The van der Waals surface area contributed by atoms with Gasteiger partial charge in [-0.2, -0.15) is 11.8 Å². The number of rotatable bonds is 6. The molecule has 0 bridgehead atoms. The Morgan fingerprint density at radius 1 is 1.45 bits per heavy atom. The van der Waals surface area contributed by atoms with Crippen LogP contribution in [0.3, 0.4) is 0 Å². The maximum Gasteiger partial charge on any atom is 0.328 e. The van der Waals surface area contributed by atoms with Crippen LogP contribution in [0, 0.1) is 0 Å². The highest BCUT2D eigenvalue weighted by molar-refractivity contribution is 8.00. The van der Waals surface area contributed by atoms with Crippen LogP contribution in [0.4, 0.5) is 0 Å². The molecule has 1 aromatic rings. The lowest BCUT2D eigenvalue weighted by molar-refractivity contribution is -0.131. The molecule has 0 aliphatic heterocycles. The lowest BCUT2D eigenvalue weighted by Gasteiger charge is -2.13. The van der Waals surface area contributed by atoms with E-state index in [9.17, 15) is 9.59 Å². The third kappa shape index (κ3) is 3.87. The van der Waals surface area contributed by atoms with Gasteiger partial charge in [-0.25, -0.2) is 4.79 Å². The van der Waals surface area contributed by atoms with Crippen molar-refractivity contribution in [1.82, 2.24) is 5.32 Å². The maximum absolute atomic E-state index is 12.1. The largest absolute Gasteiger partial charge is 0.478 e. The van der Waals surface area contributed by atoms with Crippen LogP contribution in [0.15, 0.2) is 30.3 Å². The molecule has 0 aromatic heterocycles. The van der Waals surface area contributed by atoms with E-state index in [1.165, 1.54) is 6.08 Å². The molecule has 2 N–H and O–H groups in total. The summed E-state index contributed by atoms with van der Waals surface area (Å²) in [6.45, 7) is 0.683. The molecule has 0 spiro atoms. The summed E-state index contributed by atoms with van der Waals surface area (Å²) < 4.78 is 0.233. The first-order chi connectivity index (χ1) is 9.54. The Kier molecular flexibility index (Phi) is 4.49. The molecule has 1 saturated carbocycles. The molecular weight excluding hydrogens is 274 g/mol. The van der Waals surface area contributed by atoms with Gasteiger partial charge in [0.15, 0.2) is 0 Å². The Balaban J connectivity index is 1.99. The minimum Gasteiger partial charge on any atom is -0.478 e. The molecule has 0 unspecified atom stereocenters. The monoisotopic (exact) mass is 291 g/mol. The predicted molar refractivity (Wildman–Crippen MR) is 80.9 cm³/mol. The summed E-state index contributed by atoms with van der Waals surface area (Å²) >= 11 is 1.80. The smallest absolute Gasteiger partial charge is 0.328 e. The summed E-state index contributed by atoms with van der Waals surface area (Å²) in [6.07, 6.45) is 6.90. The Labute approximate surface area is 122 Å². The summed E-state index contributed by atoms with van der Waals surface area (Å²) in [5.74, 6) is -1.12. The first-order valence-electron chi connectivity index (χ1n) is 6.39. The van der Waals surface area contributed by atoms with Crippen LogP contribution in [0.5, 0.6) is 0 Å². The van der Waals surface area contributed by atoms with Crippen LogP contribution in [-0.4, -0.2) is 34.5 Å². The molecule has 1 fully saturated rings. The summed E-state index contributed by atoms with van der Waals surface area (Å²) in [6, 6.07) is 6.93. The van der Waals surface area contributed by atoms with Gasteiger partial charge in [0.25, 0.3) is 5.91 Å². The second kappa shape index (κ2) is 6.13. The highest BCUT2D eigenvalue weighted by atomic mass is 32.2. The molecule has 0 saturated heterocycles. The molecule has 0 atom stereocenters. The van der Waals surface area contributed by atoms with Crippen molar-refractivity contribution in [2.75, 3.05) is 12.8 Å². The zero-order valence-corrected chi connectivity index (χ0v) is 12.1. The highest BCUT2D eigenvalue weighted by Gasteiger charge is 2.41. The van der Waals surface area contributed by atoms with Crippen LogP contribution in [-0.2, 0) is 4.79 Å². The van der Waals surface area contributed by atoms with Gasteiger partial charge in [-0.1, -0.05) is 12.1 Å². The summed E-state index contributed by atoms with van der Waals surface area (Å²) in [7, 11) is 0. The van der Waals surface area contributed by atoms with Crippen molar-refractivity contribution >= 4 is 29.7 Å². The van der Waals surface area contributed by atoms with E-state index in [0.717, 1.165) is 18.9 Å². The van der Waals surface area contributed by atoms with Crippen molar-refractivity contribution in [2.24, 2.45) is 0 Å². The average molecular weight is 291 g/mol. The number of carboxylic acids is 1. The summed E-state index contributed by atoms with van der Waals surface area (Å²) in [5.41, 5.74) is 1.25. The third-order valence-electron chi connectivity index (χ3n) is 3.38. The average Bonchev–Trinajstić information content (AvgIpc) is 3.23. The van der Waals surface area contributed by atoms with Crippen LogP contribution in [0.1, 0.15) is 28.8 Å². The Bertz CT molecular complexity index is 550. The fourth-order valence-corrected chi connectivity index (χ4v) is 2.61. The second-order valence-corrected chi connectivity index (χ2v) is 6.14. The number of carbonyl (C=O) groups excluding carboxylic acids is 1. The second-order valence-electron chi connectivity index (χ2n) is 4.87. The van der Waals surface area contributed by atoms with E-state index in [-0.39, 0.29) is 10.7 Å². The third-order valence-corrected chi connectivity index (χ3v) is 4.80. The van der Waals surface area contributed by atoms with Crippen molar-refractivity contribution < 1.29 is 14.7 Å². The Morgan fingerprint density at radius 3 is 2.80 bits per heavy atom. The van der Waals surface area contributed by atoms with Crippen LogP contribution >= 0.6 is 11.8 Å². The molecule has 2 rings (SSSR count). The fraction of sp³-hybridized carbons (Fsp3) is 0.333. The normalized spacial score (nSPS) is 16.1. The summed E-state index contributed by atoms with van der Waals surface area (Å²) in [5, 5.41) is 11.5. The molecule has 1 aromatic carbocycles. The lowest BCUT2D eigenvalue weighted by atomic mass is 10.1. The number of thioether (sulfide) groups is 1. The topological polar surface area (TPSA) is 66.4 Å². The van der Waals surface area contributed by atoms with E-state index in [4.69, 9.17) is 5.11 Å². The van der Waals surface area contributed by atoms with E-state index >= 15 is 0 Å². The SMILES string of the molecule is CSC1(CNC(=O)c2cccc(/C=C/C(=O)O)c2)CC1. The molecule has 20 heavy (non-hydrogen) atoms. The van der Waals surface area contributed by atoms with Crippen molar-refractivity contribution in [3.63, 3.8) is 0 Å². The number of carboxylic acid groups (broad SMARTS) is 1. The van der Waals surface area contributed by atoms with Gasteiger partial charge >= 0.3 is 5.97 Å². The Hall–Kier alpha value is -1.75. The van der Waals surface area contributed by atoms with Crippen LogP contribution < -0.4 is 5.32 Å². The molecule has 4 nitrogen and oxygen atoms in total. The molecule has 1 aliphatic rings. The van der Waals surface area contributed by atoms with E-state index in [0.29, 0.717) is 17.7 Å². The quantitative estimate of drug-likeness (QED) is 0.790. The molecule has 1 amide bonds. The summed E-state index contributed by atoms with van der Waals surface area (Å²) in [4.78, 5) is 22.5. The number of benzene rings is 1. The van der Waals surface area contributed by atoms with Gasteiger partial charge in [-0.15, -0.1) is 0 Å². The molecular formula is C15H17NO3S. The fourth-order valence-electron chi connectivity index (χ4n) is 1.89. The van der Waals surface area contributed by atoms with Crippen molar-refractivity contribution in [3.05, 3.63) is 41.5 Å². The highest BCUT2D eigenvalue weighted by Crippen LogP contribution is 2.46. The Morgan fingerprint density at radius 2 is 2.20 bits per heavy atom. The minimum atomic E-state index is -1.00. The molecule has 0 radical (unpaired) electrons. The van der Waals surface area contributed by atoms with E-state index in [1.54, 1.807) is 36.0 Å². The standard InChI is InChI=1S/C15H17NO3S/c1-20-15(7-8-15)10-16-14(19)12-4-2-3-11(9-12)5-6-13(17)18/h2-6,9H,7-8,10H2,1H3,(H,16,19)(H,17,18)/b6-5+. The number of hydrogen-bond acceptors (Lipinski definition) is 3. The van der Waals surface area contributed by atoms with Gasteiger partial charge < -0.3 is 10.4 Å². The number of amides is 1. The molecule has 5 heteroatoms. The van der Waals surface area contributed by atoms with Gasteiger partial charge in [0, 0.05) is 22.9 Å². The number of aliphatic carboxylic acids is 1. The van der Waals surface area contributed by atoms with E-state index in [1.807, 2.05) is 0 Å². The van der Waals surface area contributed by atoms with Gasteiger partial charge in [-0.3, -0.25) is 4.79 Å². The number of hydrogen-bond donors (Lipinski definition) is 2. The van der Waals surface area contributed by atoms with Crippen LogP contribution in [0.2, 0.25) is 0 Å². The van der Waals surface area contributed by atoms with Gasteiger partial charge in [0.2, 0.25) is 0 Å². The minimum absolute atomic E-state index is 0.115. The zero-order valence-electron chi connectivity index (χ0n) is 11.3. The first kappa shape index (κ1) is 14.7. The molecule has 1 aliphatic carbocycles. The van der Waals surface area contributed by atoms with E-state index in [2.05, 4.69) is 11.6 Å². The predicted octanol–water partition coefficient (Wildman–Crippen LogP) is 2.41. The number of carbonyl (C=O) groups is 2. The maximum atomic E-state index is 12.1.